The van der Waals surface area contributed by atoms with E-state index in [4.69, 9.17) is 11.6 Å². The highest BCUT2D eigenvalue weighted by molar-refractivity contribution is 7.89. The van der Waals surface area contributed by atoms with E-state index in [2.05, 4.69) is 9.97 Å². The van der Waals surface area contributed by atoms with Crippen LogP contribution in [0.15, 0.2) is 59.8 Å². The number of hydrogen-bond acceptors (Lipinski definition) is 5. The number of ketones is 1. The molecule has 1 aliphatic heterocycles. The van der Waals surface area contributed by atoms with E-state index in [0.717, 1.165) is 40.8 Å². The average molecular weight is 560 g/mol. The van der Waals surface area contributed by atoms with Crippen LogP contribution in [0.5, 0.6) is 0 Å². The van der Waals surface area contributed by atoms with Crippen molar-refractivity contribution in [3.05, 3.63) is 77.1 Å². The van der Waals surface area contributed by atoms with Crippen LogP contribution >= 0.6 is 11.6 Å². The van der Waals surface area contributed by atoms with Crippen LogP contribution in [0.25, 0.3) is 11.1 Å². The Hall–Kier alpha value is -2.96. The third-order valence-corrected chi connectivity index (χ3v) is 8.09. The molecule has 0 unspecified atom stereocenters. The second-order valence-corrected chi connectivity index (χ2v) is 10.7. The highest BCUT2D eigenvalue weighted by Gasteiger charge is 2.43. The average Bonchev–Trinajstić information content (AvgIpc) is 3.26. The molecule has 0 N–H and O–H groups in total. The van der Waals surface area contributed by atoms with Crippen LogP contribution in [0.4, 0.5) is 22.0 Å². The predicted octanol–water partition coefficient (Wildman–Crippen LogP) is 5.26. The summed E-state index contributed by atoms with van der Waals surface area (Å²) in [5.41, 5.74) is -0.0309. The molecular weight excluding hydrogens is 541 g/mol. The maximum Gasteiger partial charge on any atom is 0.433 e. The van der Waals surface area contributed by atoms with Crippen LogP contribution in [-0.2, 0) is 27.4 Å². The molecule has 0 amide bonds. The van der Waals surface area contributed by atoms with Gasteiger partial charge in [-0.05, 0) is 42.8 Å². The van der Waals surface area contributed by atoms with E-state index in [1.807, 2.05) is 0 Å². The summed E-state index contributed by atoms with van der Waals surface area (Å²) in [5, 5.41) is 0.157. The molecule has 0 saturated carbocycles. The minimum absolute atomic E-state index is 0.0505. The number of sulfonamides is 1. The Labute approximate surface area is 214 Å². The van der Waals surface area contributed by atoms with E-state index < -0.39 is 52.3 Å². The molecule has 1 aromatic carbocycles. The molecule has 4 rings (SSSR count). The highest BCUT2D eigenvalue weighted by Crippen LogP contribution is 2.32. The molecule has 6 nitrogen and oxygen atoms in total. The molecule has 0 aliphatic carbocycles. The van der Waals surface area contributed by atoms with Gasteiger partial charge in [-0.15, -0.1) is 0 Å². The van der Waals surface area contributed by atoms with Gasteiger partial charge in [0, 0.05) is 48.6 Å². The number of pyridine rings is 2. The van der Waals surface area contributed by atoms with E-state index in [-0.39, 0.29) is 29.2 Å². The Bertz CT molecular complexity index is 1400. The third kappa shape index (κ3) is 5.97. The van der Waals surface area contributed by atoms with Crippen LogP contribution in [0.2, 0.25) is 5.02 Å². The SMILES string of the molecule is O=C(CCc1cc(-c2ccc(C(F)(F)F)nc2)c(Cl)cn1)[C@@H]1C[C@@H](F)CN1S(=O)(=O)c1ccc(F)cc1. The van der Waals surface area contributed by atoms with Gasteiger partial charge in [0.25, 0.3) is 0 Å². The van der Waals surface area contributed by atoms with Gasteiger partial charge in [-0.1, -0.05) is 17.7 Å². The van der Waals surface area contributed by atoms with Gasteiger partial charge in [0.15, 0.2) is 5.78 Å². The number of benzene rings is 1. The molecule has 1 aliphatic rings. The number of nitrogens with zero attached hydrogens (tertiary/aromatic N) is 3. The zero-order valence-electron chi connectivity index (χ0n) is 18.9. The van der Waals surface area contributed by atoms with Crippen molar-refractivity contribution in [2.75, 3.05) is 6.54 Å². The summed E-state index contributed by atoms with van der Waals surface area (Å²) < 4.78 is 92.6. The zero-order chi connectivity index (χ0) is 27.0. The Morgan fingerprint density at radius 1 is 1.08 bits per heavy atom. The highest BCUT2D eigenvalue weighted by atomic mass is 35.5. The van der Waals surface area contributed by atoms with Gasteiger partial charge in [0.1, 0.15) is 17.7 Å². The molecule has 196 valence electrons. The minimum atomic E-state index is -4.59. The molecule has 2 aromatic heterocycles. The van der Waals surface area contributed by atoms with Crippen LogP contribution in [-0.4, -0.2) is 47.2 Å². The molecule has 13 heteroatoms. The summed E-state index contributed by atoms with van der Waals surface area (Å²) in [4.78, 5) is 20.2. The van der Waals surface area contributed by atoms with E-state index in [1.165, 1.54) is 18.3 Å². The van der Waals surface area contributed by atoms with Gasteiger partial charge >= 0.3 is 6.18 Å². The number of aryl methyl sites for hydroxylation is 1. The van der Waals surface area contributed by atoms with Gasteiger partial charge < -0.3 is 0 Å². The number of Topliss-reactive ketones (excluding diaryl/α,β-unsaturated/α-hetero) is 1. The van der Waals surface area contributed by atoms with Gasteiger partial charge in [0.2, 0.25) is 10.0 Å². The van der Waals surface area contributed by atoms with Crippen molar-refractivity contribution in [3.8, 4) is 11.1 Å². The largest absolute Gasteiger partial charge is 0.433 e. The van der Waals surface area contributed by atoms with Crippen LogP contribution in [0, 0.1) is 5.82 Å². The van der Waals surface area contributed by atoms with Gasteiger partial charge in [-0.2, -0.15) is 17.5 Å². The fraction of sp³-hybridized carbons (Fsp3) is 0.292. The van der Waals surface area contributed by atoms with Crippen molar-refractivity contribution in [1.29, 1.82) is 0 Å². The van der Waals surface area contributed by atoms with Gasteiger partial charge in [0.05, 0.1) is 16.0 Å². The van der Waals surface area contributed by atoms with E-state index in [1.54, 1.807) is 0 Å². The summed E-state index contributed by atoms with van der Waals surface area (Å²) in [7, 11) is -4.24. The summed E-state index contributed by atoms with van der Waals surface area (Å²) in [6.07, 6.45) is -4.26. The van der Waals surface area contributed by atoms with Crippen molar-refractivity contribution >= 4 is 27.4 Å². The lowest BCUT2D eigenvalue weighted by Crippen LogP contribution is -2.40. The molecule has 3 heterocycles. The molecule has 3 aromatic rings. The van der Waals surface area contributed by atoms with E-state index >= 15 is 0 Å². The lowest BCUT2D eigenvalue weighted by Gasteiger charge is -2.22. The van der Waals surface area contributed by atoms with Crippen molar-refractivity contribution in [2.24, 2.45) is 0 Å². The fourth-order valence-corrected chi connectivity index (χ4v) is 5.90. The fourth-order valence-electron chi connectivity index (χ4n) is 4.04. The molecule has 37 heavy (non-hydrogen) atoms. The molecule has 2 atom stereocenters. The second kappa shape index (κ2) is 10.4. The topological polar surface area (TPSA) is 80.2 Å². The molecule has 1 fully saturated rings. The quantitative estimate of drug-likeness (QED) is 0.369. The Balaban J connectivity index is 1.50. The molecule has 0 bridgehead atoms. The first-order chi connectivity index (χ1) is 17.4. The molecular formula is C24H19ClF5N3O3S. The Morgan fingerprint density at radius 2 is 1.78 bits per heavy atom. The maximum atomic E-state index is 14.2. The first kappa shape index (κ1) is 27.1. The first-order valence-corrected chi connectivity index (χ1v) is 12.8. The summed E-state index contributed by atoms with van der Waals surface area (Å²) in [6, 6.07) is 6.31. The maximum absolute atomic E-state index is 14.2. The lowest BCUT2D eigenvalue weighted by atomic mass is 10.0. The molecule has 0 spiro atoms. The van der Waals surface area contributed by atoms with Crippen molar-refractivity contribution in [2.45, 2.75) is 42.5 Å². The zero-order valence-corrected chi connectivity index (χ0v) is 20.5. The van der Waals surface area contributed by atoms with E-state index in [9.17, 15) is 35.2 Å². The third-order valence-electron chi connectivity index (χ3n) is 5.90. The number of carbonyl (C=O) groups is 1. The van der Waals surface area contributed by atoms with E-state index in [0.29, 0.717) is 16.8 Å². The minimum Gasteiger partial charge on any atom is -0.298 e. The number of alkyl halides is 4. The number of rotatable bonds is 7. The number of carbonyl (C=O) groups excluding carboxylic acids is 1. The second-order valence-electron chi connectivity index (χ2n) is 8.43. The van der Waals surface area contributed by atoms with Crippen LogP contribution in [0.3, 0.4) is 0 Å². The van der Waals surface area contributed by atoms with Crippen molar-refractivity contribution < 1.29 is 35.2 Å². The van der Waals surface area contributed by atoms with Gasteiger partial charge in [-0.25, -0.2) is 17.2 Å². The monoisotopic (exact) mass is 559 g/mol. The molecule has 1 saturated heterocycles. The number of aromatic nitrogens is 2. The van der Waals surface area contributed by atoms with Crippen molar-refractivity contribution in [3.63, 3.8) is 0 Å². The smallest absolute Gasteiger partial charge is 0.298 e. The summed E-state index contributed by atoms with van der Waals surface area (Å²) in [5.74, 6) is -1.17. The van der Waals surface area contributed by atoms with Crippen LogP contribution in [0.1, 0.15) is 24.2 Å². The number of hydrogen-bond donors (Lipinski definition) is 0. The van der Waals surface area contributed by atoms with Crippen molar-refractivity contribution in [1.82, 2.24) is 14.3 Å². The van der Waals surface area contributed by atoms with Crippen LogP contribution < -0.4 is 0 Å². The lowest BCUT2D eigenvalue weighted by molar-refractivity contribution is -0.141. The number of halogens is 6. The Morgan fingerprint density at radius 3 is 2.41 bits per heavy atom. The Kier molecular flexibility index (Phi) is 7.63. The molecule has 0 radical (unpaired) electrons. The van der Waals surface area contributed by atoms with Gasteiger partial charge in [-0.3, -0.25) is 14.8 Å². The predicted molar refractivity (Wildman–Crippen MR) is 124 cm³/mol. The standard InChI is InChI=1S/C24H19ClF5N3O3S/c25-20-12-31-17(10-19(20)14-1-8-23(32-11-14)24(28,29)30)4-7-22(34)21-9-16(27)13-33(21)37(35,36)18-5-2-15(26)3-6-18/h1-3,5-6,8,10-12,16,21H,4,7,9,13H2/t16-,21+/m1/s1. The summed E-state index contributed by atoms with van der Waals surface area (Å²) in [6.45, 7) is -0.500. The normalized spacial score (nSPS) is 18.8. The first-order valence-electron chi connectivity index (χ1n) is 11.0. The summed E-state index contributed by atoms with van der Waals surface area (Å²) >= 11 is 6.16.